The third-order valence-corrected chi connectivity index (χ3v) is 2.99. The number of aliphatic hydroxyl groups excluding tert-OH is 1. The quantitative estimate of drug-likeness (QED) is 0.685. The van der Waals surface area contributed by atoms with Crippen LogP contribution in [0.25, 0.3) is 0 Å². The van der Waals surface area contributed by atoms with Crippen LogP contribution in [0.1, 0.15) is 39.5 Å². The lowest BCUT2D eigenvalue weighted by Crippen LogP contribution is -2.32. The maximum Gasteiger partial charge on any atom is 0.133 e. The number of ketones is 1. The van der Waals surface area contributed by atoms with Crippen LogP contribution in [0.5, 0.6) is 0 Å². The summed E-state index contributed by atoms with van der Waals surface area (Å²) in [6, 6.07) is 0. The van der Waals surface area contributed by atoms with Gasteiger partial charge in [-0.1, -0.05) is 13.8 Å². The minimum Gasteiger partial charge on any atom is -0.396 e. The summed E-state index contributed by atoms with van der Waals surface area (Å²) in [5.74, 6) is 0.761. The van der Waals surface area contributed by atoms with Crippen LogP contribution in [0.2, 0.25) is 0 Å². The monoisotopic (exact) mass is 170 g/mol. The third-order valence-electron chi connectivity index (χ3n) is 2.99. The predicted molar refractivity (Wildman–Crippen MR) is 47.8 cm³/mol. The van der Waals surface area contributed by atoms with Crippen LogP contribution in [0.4, 0.5) is 0 Å². The molecule has 1 N–H and O–H groups in total. The molecule has 1 aliphatic carbocycles. The highest BCUT2D eigenvalue weighted by atomic mass is 16.3. The summed E-state index contributed by atoms with van der Waals surface area (Å²) in [5.41, 5.74) is -0.0733. The molecule has 0 aromatic carbocycles. The first-order valence-corrected chi connectivity index (χ1v) is 4.69. The summed E-state index contributed by atoms with van der Waals surface area (Å²) in [6.07, 6.45) is 3.53. The molecular weight excluding hydrogens is 152 g/mol. The molecule has 2 heteroatoms. The second-order valence-electron chi connectivity index (χ2n) is 4.48. The molecule has 1 aliphatic rings. The molecule has 0 unspecified atom stereocenters. The van der Waals surface area contributed by atoms with Crippen LogP contribution < -0.4 is 0 Å². The van der Waals surface area contributed by atoms with Crippen molar-refractivity contribution < 1.29 is 9.90 Å². The van der Waals surface area contributed by atoms with Gasteiger partial charge in [-0.3, -0.25) is 4.79 Å². The van der Waals surface area contributed by atoms with Crippen molar-refractivity contribution in [1.29, 1.82) is 0 Å². The van der Waals surface area contributed by atoms with Gasteiger partial charge < -0.3 is 5.11 Å². The van der Waals surface area contributed by atoms with Gasteiger partial charge in [0.15, 0.2) is 0 Å². The number of aliphatic hydroxyl groups is 1. The molecule has 1 fully saturated rings. The van der Waals surface area contributed by atoms with Gasteiger partial charge in [0.2, 0.25) is 0 Å². The van der Waals surface area contributed by atoms with E-state index < -0.39 is 0 Å². The van der Waals surface area contributed by atoms with Crippen LogP contribution in [-0.4, -0.2) is 17.5 Å². The van der Waals surface area contributed by atoms with Crippen LogP contribution >= 0.6 is 0 Å². The van der Waals surface area contributed by atoms with Crippen LogP contribution in [0.3, 0.4) is 0 Å². The zero-order valence-electron chi connectivity index (χ0n) is 7.97. The first-order valence-electron chi connectivity index (χ1n) is 4.69. The van der Waals surface area contributed by atoms with E-state index >= 15 is 0 Å². The van der Waals surface area contributed by atoms with Gasteiger partial charge in [0.05, 0.1) is 0 Å². The molecule has 0 amide bonds. The average Bonchev–Trinajstić information content (AvgIpc) is 2.05. The molecule has 0 aromatic heterocycles. The van der Waals surface area contributed by atoms with E-state index in [2.05, 4.69) is 0 Å². The highest BCUT2D eigenvalue weighted by molar-refractivity contribution is 5.79. The molecule has 1 saturated carbocycles. The minimum absolute atomic E-state index is 0.0733. The maximum absolute atomic E-state index is 11.2. The van der Waals surface area contributed by atoms with Gasteiger partial charge in [-0.15, -0.1) is 0 Å². The van der Waals surface area contributed by atoms with Crippen molar-refractivity contribution in [3.05, 3.63) is 0 Å². The number of carbonyl (C=O) groups is 1. The van der Waals surface area contributed by atoms with Gasteiger partial charge in [-0.2, -0.15) is 0 Å². The van der Waals surface area contributed by atoms with Crippen molar-refractivity contribution in [3.63, 3.8) is 0 Å². The summed E-state index contributed by atoms with van der Waals surface area (Å²) < 4.78 is 0. The van der Waals surface area contributed by atoms with Gasteiger partial charge in [0.1, 0.15) is 5.78 Å². The number of Topliss-reactive ketones (excluding diaryl/α,β-unsaturated/α-hetero) is 1. The van der Waals surface area contributed by atoms with E-state index in [-0.39, 0.29) is 12.0 Å². The van der Waals surface area contributed by atoms with E-state index in [1.165, 1.54) is 0 Å². The molecule has 0 aliphatic heterocycles. The highest BCUT2D eigenvalue weighted by Crippen LogP contribution is 2.36. The predicted octanol–water partition coefficient (Wildman–Crippen LogP) is 1.76. The third kappa shape index (κ3) is 2.07. The number of rotatable bonds is 2. The molecular formula is C10H18O2. The molecule has 1 atom stereocenters. The Balaban J connectivity index is 2.56. The Labute approximate surface area is 74.0 Å². The Bertz CT molecular complexity index is 173. The van der Waals surface area contributed by atoms with E-state index in [0.717, 1.165) is 19.3 Å². The van der Waals surface area contributed by atoms with Crippen molar-refractivity contribution >= 4 is 5.78 Å². The summed E-state index contributed by atoms with van der Waals surface area (Å²) in [4.78, 5) is 11.2. The summed E-state index contributed by atoms with van der Waals surface area (Å²) in [7, 11) is 0. The Morgan fingerprint density at radius 2 is 2.25 bits per heavy atom. The van der Waals surface area contributed by atoms with Gasteiger partial charge >= 0.3 is 0 Å². The number of hydrogen-bond acceptors (Lipinski definition) is 2. The van der Waals surface area contributed by atoms with E-state index in [0.29, 0.717) is 18.1 Å². The summed E-state index contributed by atoms with van der Waals surface area (Å²) >= 11 is 0. The van der Waals surface area contributed by atoms with Crippen molar-refractivity contribution in [1.82, 2.24) is 0 Å². The van der Waals surface area contributed by atoms with Crippen LogP contribution in [-0.2, 0) is 4.79 Å². The van der Waals surface area contributed by atoms with Crippen LogP contribution in [0, 0.1) is 11.3 Å². The standard InChI is InChI=1S/C10H18O2/c1-10(2,7-11)8-4-3-5-9(12)6-8/h8,11H,3-7H2,1-2H3/t8-/m1/s1. The smallest absolute Gasteiger partial charge is 0.133 e. The topological polar surface area (TPSA) is 37.3 Å². The first kappa shape index (κ1) is 9.72. The lowest BCUT2D eigenvalue weighted by molar-refractivity contribution is -0.123. The Hall–Kier alpha value is -0.370. The molecule has 12 heavy (non-hydrogen) atoms. The Morgan fingerprint density at radius 3 is 2.75 bits per heavy atom. The van der Waals surface area contributed by atoms with Crippen molar-refractivity contribution in [2.24, 2.45) is 11.3 Å². The first-order chi connectivity index (χ1) is 5.56. The average molecular weight is 170 g/mol. The SMILES string of the molecule is CC(C)(CO)[C@@H]1CCCC(=O)C1. The zero-order valence-corrected chi connectivity index (χ0v) is 7.97. The molecule has 0 spiro atoms. The fourth-order valence-corrected chi connectivity index (χ4v) is 1.82. The summed E-state index contributed by atoms with van der Waals surface area (Å²) in [5, 5.41) is 9.12. The van der Waals surface area contributed by atoms with Gasteiger partial charge in [-0.25, -0.2) is 0 Å². The molecule has 1 rings (SSSR count). The lowest BCUT2D eigenvalue weighted by atomic mass is 9.71. The maximum atomic E-state index is 11.2. The molecule has 70 valence electrons. The minimum atomic E-state index is -0.0733. The number of carbonyl (C=O) groups excluding carboxylic acids is 1. The van der Waals surface area contributed by atoms with E-state index in [9.17, 15) is 4.79 Å². The van der Waals surface area contributed by atoms with Crippen LogP contribution in [0.15, 0.2) is 0 Å². The van der Waals surface area contributed by atoms with Gasteiger partial charge in [0, 0.05) is 19.4 Å². The normalized spacial score (nSPS) is 25.9. The molecule has 0 radical (unpaired) electrons. The molecule has 0 aromatic rings. The number of hydrogen-bond donors (Lipinski definition) is 1. The van der Waals surface area contributed by atoms with E-state index in [4.69, 9.17) is 5.11 Å². The van der Waals surface area contributed by atoms with Crippen molar-refractivity contribution in [3.8, 4) is 0 Å². The van der Waals surface area contributed by atoms with Gasteiger partial charge in [-0.05, 0) is 24.2 Å². The van der Waals surface area contributed by atoms with Gasteiger partial charge in [0.25, 0.3) is 0 Å². The molecule has 0 heterocycles. The van der Waals surface area contributed by atoms with Crippen molar-refractivity contribution in [2.75, 3.05) is 6.61 Å². The van der Waals surface area contributed by atoms with E-state index in [1.54, 1.807) is 0 Å². The summed E-state index contributed by atoms with van der Waals surface area (Å²) in [6.45, 7) is 4.26. The molecule has 0 bridgehead atoms. The Kier molecular flexibility index (Phi) is 2.89. The second-order valence-corrected chi connectivity index (χ2v) is 4.48. The largest absolute Gasteiger partial charge is 0.396 e. The van der Waals surface area contributed by atoms with Crippen molar-refractivity contribution in [2.45, 2.75) is 39.5 Å². The highest BCUT2D eigenvalue weighted by Gasteiger charge is 2.32. The molecule has 2 nitrogen and oxygen atoms in total. The lowest BCUT2D eigenvalue weighted by Gasteiger charge is -2.34. The fraction of sp³-hybridized carbons (Fsp3) is 0.900. The fourth-order valence-electron chi connectivity index (χ4n) is 1.82. The Morgan fingerprint density at radius 1 is 1.58 bits per heavy atom. The van der Waals surface area contributed by atoms with E-state index in [1.807, 2.05) is 13.8 Å². The zero-order chi connectivity index (χ0) is 9.19. The second kappa shape index (κ2) is 3.56. The molecule has 0 saturated heterocycles.